The van der Waals surface area contributed by atoms with Crippen LogP contribution < -0.4 is 5.32 Å². The quantitative estimate of drug-likeness (QED) is 0.716. The highest BCUT2D eigenvalue weighted by atomic mass is 16.5. The molecule has 4 unspecified atom stereocenters. The van der Waals surface area contributed by atoms with E-state index in [1.165, 1.54) is 25.7 Å². The Kier molecular flexibility index (Phi) is 7.28. The number of nitrogens with one attached hydrogen (secondary N) is 1. The van der Waals surface area contributed by atoms with E-state index in [4.69, 9.17) is 9.47 Å². The Hall–Kier alpha value is -0.160. The van der Waals surface area contributed by atoms with E-state index in [0.717, 1.165) is 32.6 Å². The van der Waals surface area contributed by atoms with Crippen molar-refractivity contribution in [2.45, 2.75) is 57.7 Å². The Balaban J connectivity index is 1.55. The van der Waals surface area contributed by atoms with Crippen LogP contribution in [0.4, 0.5) is 0 Å². The van der Waals surface area contributed by atoms with Gasteiger partial charge in [0.2, 0.25) is 0 Å². The summed E-state index contributed by atoms with van der Waals surface area (Å²) in [6.45, 7) is 6.03. The van der Waals surface area contributed by atoms with Gasteiger partial charge in [0, 0.05) is 19.7 Å². The van der Waals surface area contributed by atoms with Crippen LogP contribution in [0.3, 0.4) is 0 Å². The van der Waals surface area contributed by atoms with E-state index in [1.54, 1.807) is 0 Å². The van der Waals surface area contributed by atoms with Crippen molar-refractivity contribution in [3.63, 3.8) is 0 Å². The van der Waals surface area contributed by atoms with Gasteiger partial charge in [0.1, 0.15) is 0 Å². The molecular weight excluding hydrogens is 254 g/mol. The molecule has 1 aliphatic carbocycles. The van der Waals surface area contributed by atoms with E-state index in [9.17, 15) is 5.11 Å². The maximum Gasteiger partial charge on any atom is 0.0897 e. The standard InChI is InChI=1S/C16H31NO3/c1-2-14-5-3-4-6-16(14)20-12-15(18)10-17-9-13-7-8-19-11-13/h13-18H,2-12H2,1H3. The first kappa shape index (κ1) is 16.2. The average molecular weight is 285 g/mol. The van der Waals surface area contributed by atoms with Crippen LogP contribution in [0.2, 0.25) is 0 Å². The van der Waals surface area contributed by atoms with Gasteiger partial charge in [0.25, 0.3) is 0 Å². The molecule has 4 atom stereocenters. The molecule has 1 saturated heterocycles. The first-order valence-electron chi connectivity index (χ1n) is 8.37. The lowest BCUT2D eigenvalue weighted by Crippen LogP contribution is -2.36. The third kappa shape index (κ3) is 5.32. The molecule has 0 bridgehead atoms. The second kappa shape index (κ2) is 8.98. The van der Waals surface area contributed by atoms with Crippen molar-refractivity contribution < 1.29 is 14.6 Å². The summed E-state index contributed by atoms with van der Waals surface area (Å²) in [5.41, 5.74) is 0. The zero-order valence-corrected chi connectivity index (χ0v) is 12.9. The summed E-state index contributed by atoms with van der Waals surface area (Å²) in [6, 6.07) is 0. The summed E-state index contributed by atoms with van der Waals surface area (Å²) >= 11 is 0. The molecule has 0 aromatic rings. The van der Waals surface area contributed by atoms with E-state index >= 15 is 0 Å². The number of hydrogen-bond donors (Lipinski definition) is 2. The van der Waals surface area contributed by atoms with Crippen LogP contribution in [0.15, 0.2) is 0 Å². The van der Waals surface area contributed by atoms with Gasteiger partial charge in [0.15, 0.2) is 0 Å². The van der Waals surface area contributed by atoms with Gasteiger partial charge in [-0.2, -0.15) is 0 Å². The van der Waals surface area contributed by atoms with Crippen molar-refractivity contribution in [1.29, 1.82) is 0 Å². The van der Waals surface area contributed by atoms with Crippen molar-refractivity contribution in [3.8, 4) is 0 Å². The van der Waals surface area contributed by atoms with Crippen molar-refractivity contribution in [1.82, 2.24) is 5.32 Å². The van der Waals surface area contributed by atoms with Crippen molar-refractivity contribution in [2.24, 2.45) is 11.8 Å². The van der Waals surface area contributed by atoms with Crippen LogP contribution in [0.5, 0.6) is 0 Å². The highest BCUT2D eigenvalue weighted by Crippen LogP contribution is 2.29. The number of aliphatic hydroxyl groups excluding tert-OH is 1. The average Bonchev–Trinajstić information content (AvgIpc) is 2.98. The zero-order valence-electron chi connectivity index (χ0n) is 12.9. The van der Waals surface area contributed by atoms with Crippen LogP contribution >= 0.6 is 0 Å². The molecule has 2 rings (SSSR count). The van der Waals surface area contributed by atoms with Crippen LogP contribution in [-0.2, 0) is 9.47 Å². The van der Waals surface area contributed by atoms with E-state index in [-0.39, 0.29) is 0 Å². The number of hydrogen-bond acceptors (Lipinski definition) is 4. The predicted molar refractivity (Wildman–Crippen MR) is 79.8 cm³/mol. The van der Waals surface area contributed by atoms with Crippen LogP contribution in [0, 0.1) is 11.8 Å². The maximum atomic E-state index is 9.99. The van der Waals surface area contributed by atoms with Gasteiger partial charge >= 0.3 is 0 Å². The molecule has 4 heteroatoms. The molecule has 4 nitrogen and oxygen atoms in total. The fraction of sp³-hybridized carbons (Fsp3) is 1.00. The van der Waals surface area contributed by atoms with Gasteiger partial charge in [-0.15, -0.1) is 0 Å². The molecule has 20 heavy (non-hydrogen) atoms. The minimum atomic E-state index is -0.392. The Bertz CT molecular complexity index is 256. The summed E-state index contributed by atoms with van der Waals surface area (Å²) in [5, 5.41) is 13.3. The Morgan fingerprint density at radius 1 is 1.30 bits per heavy atom. The van der Waals surface area contributed by atoms with E-state index in [1.807, 2.05) is 0 Å². The monoisotopic (exact) mass is 285 g/mol. The summed E-state index contributed by atoms with van der Waals surface area (Å²) in [7, 11) is 0. The lowest BCUT2D eigenvalue weighted by atomic mass is 9.85. The molecule has 0 spiro atoms. The molecule has 1 saturated carbocycles. The number of aliphatic hydroxyl groups is 1. The van der Waals surface area contributed by atoms with Gasteiger partial charge in [-0.3, -0.25) is 0 Å². The van der Waals surface area contributed by atoms with Crippen LogP contribution in [-0.4, -0.2) is 50.2 Å². The Labute approximate surface area is 123 Å². The second-order valence-corrected chi connectivity index (χ2v) is 6.37. The van der Waals surface area contributed by atoms with Crippen LogP contribution in [0.25, 0.3) is 0 Å². The number of ether oxygens (including phenoxy) is 2. The van der Waals surface area contributed by atoms with E-state index in [0.29, 0.717) is 31.1 Å². The molecule has 0 aromatic carbocycles. The molecule has 0 aromatic heterocycles. The number of rotatable bonds is 8. The van der Waals surface area contributed by atoms with Gasteiger partial charge < -0.3 is 19.9 Å². The minimum Gasteiger partial charge on any atom is -0.389 e. The Morgan fingerprint density at radius 3 is 2.90 bits per heavy atom. The fourth-order valence-electron chi connectivity index (χ4n) is 3.35. The molecule has 118 valence electrons. The molecule has 1 heterocycles. The van der Waals surface area contributed by atoms with Gasteiger partial charge in [-0.25, -0.2) is 0 Å². The van der Waals surface area contributed by atoms with Crippen LogP contribution in [0.1, 0.15) is 45.4 Å². The summed E-state index contributed by atoms with van der Waals surface area (Å²) < 4.78 is 11.3. The predicted octanol–water partition coefficient (Wildman–Crippen LogP) is 1.96. The topological polar surface area (TPSA) is 50.7 Å². The third-order valence-electron chi connectivity index (χ3n) is 4.70. The first-order chi connectivity index (χ1) is 9.79. The van der Waals surface area contributed by atoms with Crippen molar-refractivity contribution in [3.05, 3.63) is 0 Å². The summed E-state index contributed by atoms with van der Waals surface area (Å²) in [6.07, 6.45) is 7.38. The largest absolute Gasteiger partial charge is 0.389 e. The lowest BCUT2D eigenvalue weighted by molar-refractivity contribution is -0.0499. The molecule has 0 radical (unpaired) electrons. The fourth-order valence-corrected chi connectivity index (χ4v) is 3.35. The second-order valence-electron chi connectivity index (χ2n) is 6.37. The summed E-state index contributed by atoms with van der Waals surface area (Å²) in [5.74, 6) is 1.31. The Morgan fingerprint density at radius 2 is 2.15 bits per heavy atom. The highest BCUT2D eigenvalue weighted by Gasteiger charge is 2.25. The van der Waals surface area contributed by atoms with Crippen molar-refractivity contribution in [2.75, 3.05) is 32.9 Å². The first-order valence-corrected chi connectivity index (χ1v) is 8.37. The molecule has 2 aliphatic rings. The summed E-state index contributed by atoms with van der Waals surface area (Å²) in [4.78, 5) is 0. The SMILES string of the molecule is CCC1CCCCC1OCC(O)CNCC1CCOC1. The van der Waals surface area contributed by atoms with Gasteiger partial charge in [-0.1, -0.05) is 26.2 Å². The zero-order chi connectivity index (χ0) is 14.2. The highest BCUT2D eigenvalue weighted by molar-refractivity contribution is 4.76. The van der Waals surface area contributed by atoms with E-state index < -0.39 is 6.10 Å². The minimum absolute atomic E-state index is 0.367. The normalized spacial score (nSPS) is 32.4. The molecule has 2 fully saturated rings. The third-order valence-corrected chi connectivity index (χ3v) is 4.70. The van der Waals surface area contributed by atoms with E-state index in [2.05, 4.69) is 12.2 Å². The molecule has 0 amide bonds. The molecule has 2 N–H and O–H groups in total. The van der Waals surface area contributed by atoms with Gasteiger partial charge in [0.05, 0.1) is 25.4 Å². The maximum absolute atomic E-state index is 9.99. The smallest absolute Gasteiger partial charge is 0.0897 e. The van der Waals surface area contributed by atoms with Gasteiger partial charge in [-0.05, 0) is 31.1 Å². The molecular formula is C16H31NO3. The molecule has 1 aliphatic heterocycles. The lowest BCUT2D eigenvalue weighted by Gasteiger charge is -2.31. The van der Waals surface area contributed by atoms with Crippen molar-refractivity contribution >= 4 is 0 Å².